The van der Waals surface area contributed by atoms with E-state index in [4.69, 9.17) is 4.74 Å². The van der Waals surface area contributed by atoms with Crippen molar-refractivity contribution < 1.29 is 19.1 Å². The number of anilines is 1. The molecule has 1 aromatic heterocycles. The number of amides is 2. The number of likely N-dealkylation sites (tertiary alicyclic amines) is 1. The van der Waals surface area contributed by atoms with Gasteiger partial charge in [0.2, 0.25) is 5.91 Å². The number of esters is 1. The van der Waals surface area contributed by atoms with Crippen LogP contribution in [-0.2, 0) is 21.4 Å². The van der Waals surface area contributed by atoms with Gasteiger partial charge in [0.15, 0.2) is 0 Å². The number of hydrogen-bond acceptors (Lipinski definition) is 6. The molecule has 0 bridgehead atoms. The summed E-state index contributed by atoms with van der Waals surface area (Å²) in [5, 5.41) is 6.99. The van der Waals surface area contributed by atoms with Crippen molar-refractivity contribution in [3.8, 4) is 0 Å². The molecule has 194 valence electrons. The maximum absolute atomic E-state index is 13.9. The zero-order valence-corrected chi connectivity index (χ0v) is 21.3. The molecule has 9 heteroatoms. The van der Waals surface area contributed by atoms with Gasteiger partial charge in [0, 0.05) is 24.8 Å². The predicted octanol–water partition coefficient (Wildman–Crippen LogP) is 2.77. The maximum Gasteiger partial charge on any atom is 0.325 e. The van der Waals surface area contributed by atoms with Crippen molar-refractivity contribution in [2.24, 2.45) is 13.0 Å². The Kier molecular flexibility index (Phi) is 8.74. The lowest BCUT2D eigenvalue weighted by molar-refractivity contribution is -0.141. The third kappa shape index (κ3) is 6.13. The SMILES string of the molecule is COC(=O)CNC(=O)C(C1CCN(C2CCCCC2)CC1)N(C(=O)c1ccccc1)c1cnn(C)c1. The van der Waals surface area contributed by atoms with Crippen molar-refractivity contribution in [2.75, 3.05) is 31.6 Å². The second-order valence-corrected chi connectivity index (χ2v) is 9.82. The molecule has 1 saturated carbocycles. The molecule has 1 saturated heterocycles. The van der Waals surface area contributed by atoms with Gasteiger partial charge < -0.3 is 15.0 Å². The van der Waals surface area contributed by atoms with E-state index >= 15 is 0 Å². The summed E-state index contributed by atoms with van der Waals surface area (Å²) in [4.78, 5) is 43.4. The highest BCUT2D eigenvalue weighted by Gasteiger charge is 2.40. The number of methoxy groups -OCH3 is 1. The van der Waals surface area contributed by atoms with Crippen LogP contribution in [-0.4, -0.2) is 71.3 Å². The van der Waals surface area contributed by atoms with Crippen molar-refractivity contribution >= 4 is 23.5 Å². The molecule has 0 radical (unpaired) electrons. The van der Waals surface area contributed by atoms with Crippen molar-refractivity contribution in [1.29, 1.82) is 0 Å². The number of hydrogen-bond donors (Lipinski definition) is 1. The minimum absolute atomic E-state index is 0.0599. The number of rotatable bonds is 8. The van der Waals surface area contributed by atoms with Gasteiger partial charge in [-0.05, 0) is 56.8 Å². The number of carbonyl (C=O) groups excluding carboxylic acids is 3. The molecule has 9 nitrogen and oxygen atoms in total. The molecule has 0 spiro atoms. The summed E-state index contributed by atoms with van der Waals surface area (Å²) in [5.74, 6) is -1.21. The van der Waals surface area contributed by atoms with E-state index in [9.17, 15) is 14.4 Å². The van der Waals surface area contributed by atoms with Crippen LogP contribution >= 0.6 is 0 Å². The van der Waals surface area contributed by atoms with Crippen LogP contribution in [0.4, 0.5) is 5.69 Å². The second-order valence-electron chi connectivity index (χ2n) is 9.82. The molecule has 4 rings (SSSR count). The minimum atomic E-state index is -0.778. The molecule has 2 fully saturated rings. The fourth-order valence-corrected chi connectivity index (χ4v) is 5.58. The average molecular weight is 496 g/mol. The highest BCUT2D eigenvalue weighted by atomic mass is 16.5. The Bertz CT molecular complexity index is 1030. The highest BCUT2D eigenvalue weighted by Crippen LogP contribution is 2.32. The molecule has 36 heavy (non-hydrogen) atoms. The normalized spacial score (nSPS) is 18.4. The molecule has 2 aromatic rings. The Morgan fingerprint density at radius 2 is 1.78 bits per heavy atom. The summed E-state index contributed by atoms with van der Waals surface area (Å²) in [5.41, 5.74) is 1.05. The molecule has 1 aromatic carbocycles. The summed E-state index contributed by atoms with van der Waals surface area (Å²) < 4.78 is 6.34. The van der Waals surface area contributed by atoms with Gasteiger partial charge in [-0.15, -0.1) is 0 Å². The van der Waals surface area contributed by atoms with Crippen LogP contribution < -0.4 is 10.2 Å². The Morgan fingerprint density at radius 3 is 2.39 bits per heavy atom. The van der Waals surface area contributed by atoms with Crippen LogP contribution in [0, 0.1) is 5.92 Å². The van der Waals surface area contributed by atoms with E-state index in [-0.39, 0.29) is 24.3 Å². The van der Waals surface area contributed by atoms with E-state index in [2.05, 4.69) is 15.3 Å². The summed E-state index contributed by atoms with van der Waals surface area (Å²) in [6.45, 7) is 1.56. The van der Waals surface area contributed by atoms with Gasteiger partial charge in [-0.2, -0.15) is 5.10 Å². The summed E-state index contributed by atoms with van der Waals surface area (Å²) in [7, 11) is 3.07. The first-order valence-corrected chi connectivity index (χ1v) is 12.9. The van der Waals surface area contributed by atoms with E-state index < -0.39 is 12.0 Å². The molecule has 2 aliphatic rings. The summed E-state index contributed by atoms with van der Waals surface area (Å²) in [6.07, 6.45) is 11.3. The Balaban J connectivity index is 1.62. The summed E-state index contributed by atoms with van der Waals surface area (Å²) >= 11 is 0. The van der Waals surface area contributed by atoms with Gasteiger partial charge in [-0.25, -0.2) is 0 Å². The zero-order valence-electron chi connectivity index (χ0n) is 21.3. The standard InChI is InChI=1S/C27H37N5O4/c1-30-19-23(17-29-30)32(27(35)21-9-5-3-6-10-21)25(26(34)28-18-24(33)36-2)20-13-15-31(16-14-20)22-11-7-4-8-12-22/h3,5-6,9-10,17,19-20,22,25H,4,7-8,11-16,18H2,1-2H3,(H,28,34). The van der Waals surface area contributed by atoms with E-state index in [1.165, 1.54) is 39.2 Å². The highest BCUT2D eigenvalue weighted by molar-refractivity contribution is 6.10. The molecule has 2 amide bonds. The lowest BCUT2D eigenvalue weighted by Crippen LogP contribution is -2.57. The van der Waals surface area contributed by atoms with Crippen molar-refractivity contribution in [3.05, 3.63) is 48.3 Å². The average Bonchev–Trinajstić information content (AvgIpc) is 3.36. The Morgan fingerprint density at radius 1 is 1.08 bits per heavy atom. The molecular weight excluding hydrogens is 458 g/mol. The fraction of sp³-hybridized carbons (Fsp3) is 0.556. The van der Waals surface area contributed by atoms with Gasteiger partial charge >= 0.3 is 5.97 Å². The number of carbonyl (C=O) groups is 3. The van der Waals surface area contributed by atoms with E-state index in [0.29, 0.717) is 17.3 Å². The Hall–Kier alpha value is -3.20. The number of benzene rings is 1. The Labute approximate surface area is 212 Å². The molecule has 1 N–H and O–H groups in total. The second kappa shape index (κ2) is 12.2. The van der Waals surface area contributed by atoms with Crippen LogP contribution in [0.1, 0.15) is 55.3 Å². The van der Waals surface area contributed by atoms with Gasteiger partial charge in [-0.1, -0.05) is 37.5 Å². The number of ether oxygens (including phenoxy) is 1. The predicted molar refractivity (Wildman–Crippen MR) is 136 cm³/mol. The fourth-order valence-electron chi connectivity index (χ4n) is 5.58. The third-order valence-corrected chi connectivity index (χ3v) is 7.50. The molecule has 2 heterocycles. The van der Waals surface area contributed by atoms with Crippen LogP contribution in [0.25, 0.3) is 0 Å². The van der Waals surface area contributed by atoms with E-state index in [1.54, 1.807) is 41.2 Å². The first kappa shape index (κ1) is 25.9. The monoisotopic (exact) mass is 495 g/mol. The van der Waals surface area contributed by atoms with Crippen LogP contribution in [0.3, 0.4) is 0 Å². The molecule has 1 atom stereocenters. The van der Waals surface area contributed by atoms with Gasteiger partial charge in [-0.3, -0.25) is 24.0 Å². The van der Waals surface area contributed by atoms with Gasteiger partial charge in [0.05, 0.1) is 19.0 Å². The topological polar surface area (TPSA) is 96.8 Å². The number of aryl methyl sites for hydroxylation is 1. The first-order valence-electron chi connectivity index (χ1n) is 12.9. The van der Waals surface area contributed by atoms with Gasteiger partial charge in [0.25, 0.3) is 5.91 Å². The van der Waals surface area contributed by atoms with Crippen molar-refractivity contribution in [1.82, 2.24) is 20.0 Å². The third-order valence-electron chi connectivity index (χ3n) is 7.50. The quantitative estimate of drug-likeness (QED) is 0.566. The maximum atomic E-state index is 13.9. The molecule has 1 unspecified atom stereocenters. The van der Waals surface area contributed by atoms with Crippen LogP contribution in [0.15, 0.2) is 42.7 Å². The smallest absolute Gasteiger partial charge is 0.325 e. The molecule has 1 aliphatic carbocycles. The van der Waals surface area contributed by atoms with E-state index in [1.807, 2.05) is 18.2 Å². The van der Waals surface area contributed by atoms with Crippen molar-refractivity contribution in [2.45, 2.75) is 57.0 Å². The van der Waals surface area contributed by atoms with Crippen LogP contribution in [0.2, 0.25) is 0 Å². The molecular formula is C27H37N5O4. The van der Waals surface area contributed by atoms with E-state index in [0.717, 1.165) is 25.9 Å². The lowest BCUT2D eigenvalue weighted by atomic mass is 9.85. The largest absolute Gasteiger partial charge is 0.468 e. The zero-order chi connectivity index (χ0) is 25.5. The van der Waals surface area contributed by atoms with Crippen LogP contribution in [0.5, 0.6) is 0 Å². The molecule has 1 aliphatic heterocycles. The lowest BCUT2D eigenvalue weighted by Gasteiger charge is -2.43. The number of aromatic nitrogens is 2. The number of nitrogens with zero attached hydrogens (tertiary/aromatic N) is 4. The minimum Gasteiger partial charge on any atom is -0.468 e. The van der Waals surface area contributed by atoms with Crippen molar-refractivity contribution in [3.63, 3.8) is 0 Å². The number of nitrogens with one attached hydrogen (secondary N) is 1. The summed E-state index contributed by atoms with van der Waals surface area (Å²) in [6, 6.07) is 8.81. The number of piperidine rings is 1. The first-order chi connectivity index (χ1) is 17.5. The van der Waals surface area contributed by atoms with Gasteiger partial charge in [0.1, 0.15) is 12.6 Å².